The van der Waals surface area contributed by atoms with Gasteiger partial charge in [-0.1, -0.05) is 18.2 Å². The molecule has 3 aromatic rings. The highest BCUT2D eigenvalue weighted by atomic mass is 16.4. The van der Waals surface area contributed by atoms with Gasteiger partial charge in [0.05, 0.1) is 24.1 Å². The average molecular weight is 351 g/mol. The molecule has 0 saturated carbocycles. The Morgan fingerprint density at radius 3 is 2.62 bits per heavy atom. The van der Waals surface area contributed by atoms with Gasteiger partial charge in [0.2, 0.25) is 0 Å². The summed E-state index contributed by atoms with van der Waals surface area (Å²) in [5, 5.41) is 11.2. The fourth-order valence-electron chi connectivity index (χ4n) is 2.66. The van der Waals surface area contributed by atoms with Crippen LogP contribution in [0.3, 0.4) is 0 Å². The van der Waals surface area contributed by atoms with E-state index < -0.39 is 6.09 Å². The predicted molar refractivity (Wildman–Crippen MR) is 98.7 cm³/mol. The number of nitrogens with zero attached hydrogens (tertiary/aromatic N) is 5. The van der Waals surface area contributed by atoms with Crippen molar-refractivity contribution in [3.63, 3.8) is 0 Å². The van der Waals surface area contributed by atoms with Gasteiger partial charge in [-0.25, -0.2) is 15.0 Å². The van der Waals surface area contributed by atoms with Crippen molar-refractivity contribution in [2.45, 2.75) is 13.5 Å². The van der Waals surface area contributed by atoms with E-state index in [2.05, 4.69) is 15.0 Å². The monoisotopic (exact) mass is 351 g/mol. The summed E-state index contributed by atoms with van der Waals surface area (Å²) >= 11 is 0. The highest BCUT2D eigenvalue weighted by Crippen LogP contribution is 2.23. The fraction of sp³-hybridized carbons (Fsp3) is 0.222. The number of hydrogen-bond donors (Lipinski definition) is 1. The second-order valence-corrected chi connectivity index (χ2v) is 5.81. The lowest BCUT2D eigenvalue weighted by molar-refractivity contribution is -0.246. The number of amides is 1. The Balaban J connectivity index is 1.92. The number of carbonyl (C=O) groups is 1. The minimum Gasteiger partial charge on any atom is -0.530 e. The van der Waals surface area contributed by atoms with Crippen LogP contribution in [0.4, 0.5) is 22.0 Å². The number of anilines is 3. The van der Waals surface area contributed by atoms with Gasteiger partial charge >= 0.3 is 0 Å². The number of para-hydroxylation sites is 1. The second-order valence-electron chi connectivity index (χ2n) is 5.81. The standard InChI is InChI=1S/C18H20N6O2/c1-3-24(18(25)26)15-9-14(19)16-17(22-15)20-10-12(21-16)11-23(2)13-7-5-4-6-8-13/h4-10H,3,11H2,1-2H3,(H,25,26)(H2,19,20,22)/p-1. The van der Waals surface area contributed by atoms with Gasteiger partial charge in [-0.3, -0.25) is 0 Å². The van der Waals surface area contributed by atoms with Gasteiger partial charge in [0.1, 0.15) is 17.4 Å². The lowest BCUT2D eigenvalue weighted by Gasteiger charge is -2.22. The number of benzene rings is 1. The smallest absolute Gasteiger partial charge is 0.182 e. The Bertz CT molecular complexity index is 932. The van der Waals surface area contributed by atoms with Gasteiger partial charge in [0, 0.05) is 25.3 Å². The Labute approximate surface area is 150 Å². The van der Waals surface area contributed by atoms with Crippen LogP contribution < -0.4 is 20.6 Å². The van der Waals surface area contributed by atoms with E-state index >= 15 is 0 Å². The van der Waals surface area contributed by atoms with Crippen LogP contribution in [-0.2, 0) is 6.54 Å². The highest BCUT2D eigenvalue weighted by Gasteiger charge is 2.13. The maximum atomic E-state index is 11.2. The molecule has 8 nitrogen and oxygen atoms in total. The molecule has 134 valence electrons. The summed E-state index contributed by atoms with van der Waals surface area (Å²) in [5.74, 6) is 0.181. The third-order valence-corrected chi connectivity index (χ3v) is 3.99. The van der Waals surface area contributed by atoms with Crippen LogP contribution in [0.1, 0.15) is 12.6 Å². The summed E-state index contributed by atoms with van der Waals surface area (Å²) in [4.78, 5) is 27.3. The van der Waals surface area contributed by atoms with E-state index in [1.54, 1.807) is 13.1 Å². The highest BCUT2D eigenvalue weighted by molar-refractivity contribution is 5.90. The van der Waals surface area contributed by atoms with Crippen molar-refractivity contribution in [3.05, 3.63) is 48.3 Å². The van der Waals surface area contributed by atoms with Crippen LogP contribution in [0.2, 0.25) is 0 Å². The topological polar surface area (TPSA) is 111 Å². The van der Waals surface area contributed by atoms with E-state index in [0.29, 0.717) is 23.4 Å². The van der Waals surface area contributed by atoms with E-state index in [1.807, 2.05) is 42.3 Å². The molecule has 0 unspecified atom stereocenters. The molecule has 0 aliphatic heterocycles. The molecular formula is C18H19N6O2-. The van der Waals surface area contributed by atoms with Gasteiger partial charge < -0.3 is 25.4 Å². The Hall–Kier alpha value is -3.42. The molecule has 0 saturated heterocycles. The number of hydrogen-bond acceptors (Lipinski definition) is 7. The third kappa shape index (κ3) is 3.49. The van der Waals surface area contributed by atoms with E-state index in [1.165, 1.54) is 6.07 Å². The Morgan fingerprint density at radius 1 is 1.23 bits per heavy atom. The molecular weight excluding hydrogens is 332 g/mol. The molecule has 0 bridgehead atoms. The number of carboxylic acid groups (broad SMARTS) is 1. The molecule has 1 aromatic carbocycles. The number of carbonyl (C=O) groups excluding carboxylic acids is 1. The van der Waals surface area contributed by atoms with Crippen molar-refractivity contribution in [1.82, 2.24) is 15.0 Å². The van der Waals surface area contributed by atoms with Crippen LogP contribution in [0.25, 0.3) is 11.2 Å². The van der Waals surface area contributed by atoms with Crippen molar-refractivity contribution in [2.24, 2.45) is 0 Å². The van der Waals surface area contributed by atoms with Gasteiger partial charge in [-0.2, -0.15) is 0 Å². The summed E-state index contributed by atoms with van der Waals surface area (Å²) < 4.78 is 0. The summed E-state index contributed by atoms with van der Waals surface area (Å²) in [6.45, 7) is 2.44. The first-order valence-corrected chi connectivity index (χ1v) is 8.16. The molecule has 2 aromatic heterocycles. The summed E-state index contributed by atoms with van der Waals surface area (Å²) in [5.41, 5.74) is 8.92. The minimum atomic E-state index is -1.34. The lowest BCUT2D eigenvalue weighted by Crippen LogP contribution is -2.41. The van der Waals surface area contributed by atoms with Crippen molar-refractivity contribution >= 4 is 34.4 Å². The minimum absolute atomic E-state index is 0.181. The first kappa shape index (κ1) is 17.4. The van der Waals surface area contributed by atoms with Crippen LogP contribution >= 0.6 is 0 Å². The molecule has 3 rings (SSSR count). The number of nitrogens with two attached hydrogens (primary N) is 1. The average Bonchev–Trinajstić information content (AvgIpc) is 2.63. The second kappa shape index (κ2) is 7.22. The maximum absolute atomic E-state index is 11.2. The normalized spacial score (nSPS) is 10.7. The predicted octanol–water partition coefficient (Wildman–Crippen LogP) is 1.41. The zero-order valence-corrected chi connectivity index (χ0v) is 14.6. The number of nitrogen functional groups attached to an aromatic ring is 1. The van der Waals surface area contributed by atoms with Crippen LogP contribution in [-0.4, -0.2) is 34.6 Å². The van der Waals surface area contributed by atoms with Crippen molar-refractivity contribution in [2.75, 3.05) is 29.1 Å². The zero-order chi connectivity index (χ0) is 18.7. The van der Waals surface area contributed by atoms with Gasteiger partial charge in [-0.15, -0.1) is 0 Å². The van der Waals surface area contributed by atoms with E-state index in [9.17, 15) is 9.90 Å². The fourth-order valence-corrected chi connectivity index (χ4v) is 2.66. The van der Waals surface area contributed by atoms with E-state index in [0.717, 1.165) is 16.3 Å². The third-order valence-electron chi connectivity index (χ3n) is 3.99. The maximum Gasteiger partial charge on any atom is 0.182 e. The molecule has 0 fully saturated rings. The first-order chi connectivity index (χ1) is 12.5. The van der Waals surface area contributed by atoms with Crippen molar-refractivity contribution in [1.29, 1.82) is 0 Å². The van der Waals surface area contributed by atoms with Crippen molar-refractivity contribution < 1.29 is 9.90 Å². The zero-order valence-electron chi connectivity index (χ0n) is 14.6. The molecule has 0 atom stereocenters. The van der Waals surface area contributed by atoms with Gasteiger partial charge in [0.15, 0.2) is 5.65 Å². The van der Waals surface area contributed by atoms with Crippen LogP contribution in [0.5, 0.6) is 0 Å². The lowest BCUT2D eigenvalue weighted by atomic mass is 10.2. The van der Waals surface area contributed by atoms with Gasteiger partial charge in [0.25, 0.3) is 0 Å². The summed E-state index contributed by atoms with van der Waals surface area (Å²) in [7, 11) is 1.96. The SMILES string of the molecule is CCN(C(=O)[O-])c1cc(N)c2nc(CN(C)c3ccccc3)cnc2n1. The number of fused-ring (bicyclic) bond motifs is 1. The molecule has 2 heterocycles. The molecule has 26 heavy (non-hydrogen) atoms. The molecule has 8 heteroatoms. The van der Waals surface area contributed by atoms with Crippen LogP contribution in [0.15, 0.2) is 42.6 Å². The molecule has 2 N–H and O–H groups in total. The molecule has 0 aliphatic rings. The number of aromatic nitrogens is 3. The largest absolute Gasteiger partial charge is 0.530 e. The molecule has 0 radical (unpaired) electrons. The Morgan fingerprint density at radius 2 is 1.96 bits per heavy atom. The van der Waals surface area contributed by atoms with Crippen molar-refractivity contribution in [3.8, 4) is 0 Å². The van der Waals surface area contributed by atoms with E-state index in [-0.39, 0.29) is 12.4 Å². The number of rotatable bonds is 5. The number of pyridine rings is 1. The summed E-state index contributed by atoms with van der Waals surface area (Å²) in [6, 6.07) is 11.4. The van der Waals surface area contributed by atoms with Crippen LogP contribution in [0, 0.1) is 0 Å². The first-order valence-electron chi connectivity index (χ1n) is 8.16. The summed E-state index contributed by atoms with van der Waals surface area (Å²) in [6.07, 6.45) is 0.278. The van der Waals surface area contributed by atoms with Gasteiger partial charge in [-0.05, 0) is 19.1 Å². The van der Waals surface area contributed by atoms with E-state index in [4.69, 9.17) is 5.73 Å². The quantitative estimate of drug-likeness (QED) is 0.740. The Kier molecular flexibility index (Phi) is 4.83. The molecule has 0 aliphatic carbocycles. The molecule has 1 amide bonds. The molecule has 0 spiro atoms.